The fourth-order valence-electron chi connectivity index (χ4n) is 5.25. The summed E-state index contributed by atoms with van der Waals surface area (Å²) in [5.41, 5.74) is 3.93. The summed E-state index contributed by atoms with van der Waals surface area (Å²) in [7, 11) is 1.79. The van der Waals surface area contributed by atoms with Crippen molar-refractivity contribution >= 4 is 11.9 Å². The topological polar surface area (TPSA) is 60.4 Å². The van der Waals surface area contributed by atoms with Crippen LogP contribution in [0.1, 0.15) is 16.7 Å². The number of carbonyl (C=O) groups excluding carboxylic acids is 1. The van der Waals surface area contributed by atoms with Gasteiger partial charge < -0.3 is 19.9 Å². The molecule has 3 aliphatic rings. The maximum absolute atomic E-state index is 12.9. The SMILES string of the molecule is CN=C(NCC(=O)N1CCc2ccccc2C1)N1CC2OCCN(Cc3ccccc3)C2C1. The minimum atomic E-state index is 0.115. The minimum Gasteiger partial charge on any atom is -0.373 e. The number of likely N-dealkylation sites (tertiary alicyclic amines) is 1. The number of guanidine groups is 1. The highest BCUT2D eigenvalue weighted by Crippen LogP contribution is 2.25. The zero-order chi connectivity index (χ0) is 22.6. The third-order valence-corrected chi connectivity index (χ3v) is 7.04. The summed E-state index contributed by atoms with van der Waals surface area (Å²) < 4.78 is 6.11. The van der Waals surface area contributed by atoms with Crippen LogP contribution in [-0.2, 0) is 29.0 Å². The van der Waals surface area contributed by atoms with Crippen LogP contribution in [0.2, 0.25) is 0 Å². The molecule has 0 aliphatic carbocycles. The molecule has 0 aromatic heterocycles. The smallest absolute Gasteiger partial charge is 0.242 e. The van der Waals surface area contributed by atoms with Crippen molar-refractivity contribution < 1.29 is 9.53 Å². The lowest BCUT2D eigenvalue weighted by Gasteiger charge is -2.36. The molecule has 2 aromatic carbocycles. The first kappa shape index (κ1) is 21.9. The molecule has 2 atom stereocenters. The molecule has 2 fully saturated rings. The molecule has 5 rings (SSSR count). The van der Waals surface area contributed by atoms with E-state index in [1.807, 2.05) is 11.0 Å². The molecule has 0 bridgehead atoms. The minimum absolute atomic E-state index is 0.115. The number of ether oxygens (including phenoxy) is 1. The van der Waals surface area contributed by atoms with Crippen molar-refractivity contribution in [1.82, 2.24) is 20.0 Å². The Kier molecular flexibility index (Phi) is 6.60. The summed E-state index contributed by atoms with van der Waals surface area (Å²) in [5.74, 6) is 0.891. The van der Waals surface area contributed by atoms with Gasteiger partial charge in [0, 0.05) is 46.3 Å². The van der Waals surface area contributed by atoms with Gasteiger partial charge in [0.1, 0.15) is 0 Å². The average molecular weight is 448 g/mol. The van der Waals surface area contributed by atoms with Gasteiger partial charge in [-0.15, -0.1) is 0 Å². The number of amides is 1. The summed E-state index contributed by atoms with van der Waals surface area (Å²) in [6.45, 7) is 5.98. The third-order valence-electron chi connectivity index (χ3n) is 7.04. The fraction of sp³-hybridized carbons (Fsp3) is 0.462. The number of carbonyl (C=O) groups is 1. The van der Waals surface area contributed by atoms with E-state index in [9.17, 15) is 4.79 Å². The largest absolute Gasteiger partial charge is 0.373 e. The summed E-state index contributed by atoms with van der Waals surface area (Å²) >= 11 is 0. The number of benzene rings is 2. The number of rotatable bonds is 4. The lowest BCUT2D eigenvalue weighted by molar-refractivity contribution is -0.130. The van der Waals surface area contributed by atoms with Crippen LogP contribution in [0.15, 0.2) is 59.6 Å². The molecule has 7 nitrogen and oxygen atoms in total. The van der Waals surface area contributed by atoms with Gasteiger partial charge in [0.15, 0.2) is 5.96 Å². The molecule has 0 spiro atoms. The molecule has 3 heterocycles. The second-order valence-electron chi connectivity index (χ2n) is 9.07. The Labute approximate surface area is 196 Å². The highest BCUT2D eigenvalue weighted by Gasteiger charge is 2.41. The van der Waals surface area contributed by atoms with Gasteiger partial charge in [0.2, 0.25) is 5.91 Å². The Balaban J connectivity index is 1.17. The first-order chi connectivity index (χ1) is 16.2. The van der Waals surface area contributed by atoms with Crippen LogP contribution in [0.25, 0.3) is 0 Å². The Bertz CT molecular complexity index is 995. The number of aliphatic imine (C=N–C) groups is 1. The zero-order valence-corrected chi connectivity index (χ0v) is 19.3. The molecule has 2 aromatic rings. The number of nitrogens with zero attached hydrogens (tertiary/aromatic N) is 4. The molecule has 3 aliphatic heterocycles. The molecular weight excluding hydrogens is 414 g/mol. The Morgan fingerprint density at radius 1 is 1.03 bits per heavy atom. The van der Waals surface area contributed by atoms with Gasteiger partial charge in [-0.25, -0.2) is 0 Å². The molecule has 1 amide bonds. The predicted molar refractivity (Wildman–Crippen MR) is 129 cm³/mol. The molecule has 1 N–H and O–H groups in total. The standard InChI is InChI=1S/C26H33N5O2/c1-27-26(28-15-25(32)30-12-11-21-9-5-6-10-22(21)17-30)31-18-23-24(19-31)33-14-13-29(23)16-20-7-3-2-4-8-20/h2-10,23-24H,11-19H2,1H3,(H,27,28). The Morgan fingerprint density at radius 2 is 1.82 bits per heavy atom. The maximum Gasteiger partial charge on any atom is 0.242 e. The van der Waals surface area contributed by atoms with E-state index >= 15 is 0 Å². The molecule has 7 heteroatoms. The Morgan fingerprint density at radius 3 is 2.64 bits per heavy atom. The average Bonchev–Trinajstić information content (AvgIpc) is 3.30. The van der Waals surface area contributed by atoms with Crippen molar-refractivity contribution in [2.24, 2.45) is 4.99 Å². The summed E-state index contributed by atoms with van der Waals surface area (Å²) in [6, 6.07) is 19.3. The van der Waals surface area contributed by atoms with Crippen LogP contribution >= 0.6 is 0 Å². The van der Waals surface area contributed by atoms with E-state index in [0.29, 0.717) is 12.6 Å². The normalized spacial score (nSPS) is 23.2. The predicted octanol–water partition coefficient (Wildman–Crippen LogP) is 1.73. The van der Waals surface area contributed by atoms with Crippen LogP contribution in [0.3, 0.4) is 0 Å². The van der Waals surface area contributed by atoms with E-state index in [0.717, 1.165) is 51.7 Å². The van der Waals surface area contributed by atoms with Crippen LogP contribution in [-0.4, -0.2) is 85.1 Å². The highest BCUT2D eigenvalue weighted by atomic mass is 16.5. The van der Waals surface area contributed by atoms with Gasteiger partial charge in [-0.2, -0.15) is 0 Å². The molecule has 0 saturated carbocycles. The van der Waals surface area contributed by atoms with Crippen molar-refractivity contribution in [3.8, 4) is 0 Å². The number of morpholine rings is 1. The summed E-state index contributed by atoms with van der Waals surface area (Å²) in [5, 5.41) is 3.32. The molecule has 33 heavy (non-hydrogen) atoms. The van der Waals surface area contributed by atoms with E-state index in [-0.39, 0.29) is 18.6 Å². The summed E-state index contributed by atoms with van der Waals surface area (Å²) in [6.07, 6.45) is 1.08. The Hall–Kier alpha value is -2.90. The zero-order valence-electron chi connectivity index (χ0n) is 19.3. The van der Waals surface area contributed by atoms with Crippen LogP contribution in [0.4, 0.5) is 0 Å². The number of hydrogen-bond donors (Lipinski definition) is 1. The lowest BCUT2D eigenvalue weighted by Crippen LogP contribution is -2.50. The highest BCUT2D eigenvalue weighted by molar-refractivity contribution is 5.86. The van der Waals surface area contributed by atoms with Gasteiger partial charge in [0.05, 0.1) is 25.3 Å². The van der Waals surface area contributed by atoms with Crippen molar-refractivity contribution in [2.75, 3.05) is 46.4 Å². The van der Waals surface area contributed by atoms with E-state index < -0.39 is 0 Å². The number of fused-ring (bicyclic) bond motifs is 2. The van der Waals surface area contributed by atoms with Crippen molar-refractivity contribution in [1.29, 1.82) is 0 Å². The van der Waals surface area contributed by atoms with E-state index in [4.69, 9.17) is 4.74 Å². The first-order valence-electron chi connectivity index (χ1n) is 11.9. The van der Waals surface area contributed by atoms with Gasteiger partial charge in [-0.1, -0.05) is 54.6 Å². The lowest BCUT2D eigenvalue weighted by atomic mass is 10.00. The van der Waals surface area contributed by atoms with Crippen LogP contribution in [0.5, 0.6) is 0 Å². The fourth-order valence-corrected chi connectivity index (χ4v) is 5.25. The van der Waals surface area contributed by atoms with Gasteiger partial charge in [-0.3, -0.25) is 14.7 Å². The number of hydrogen-bond acceptors (Lipinski definition) is 4. The third kappa shape index (κ3) is 4.89. The number of nitrogens with one attached hydrogen (secondary N) is 1. The van der Waals surface area contributed by atoms with Gasteiger partial charge in [-0.05, 0) is 23.1 Å². The quantitative estimate of drug-likeness (QED) is 0.572. The molecular formula is C26H33N5O2. The van der Waals surface area contributed by atoms with Crippen molar-refractivity contribution in [3.63, 3.8) is 0 Å². The molecule has 2 unspecified atom stereocenters. The van der Waals surface area contributed by atoms with E-state index in [1.165, 1.54) is 16.7 Å². The molecule has 174 valence electrons. The van der Waals surface area contributed by atoms with Crippen molar-refractivity contribution in [2.45, 2.75) is 31.7 Å². The van der Waals surface area contributed by atoms with E-state index in [2.05, 4.69) is 68.6 Å². The van der Waals surface area contributed by atoms with Crippen LogP contribution < -0.4 is 5.32 Å². The van der Waals surface area contributed by atoms with Gasteiger partial charge >= 0.3 is 0 Å². The second-order valence-corrected chi connectivity index (χ2v) is 9.07. The van der Waals surface area contributed by atoms with Crippen LogP contribution in [0, 0.1) is 0 Å². The first-order valence-corrected chi connectivity index (χ1v) is 11.9. The molecule has 2 saturated heterocycles. The monoisotopic (exact) mass is 447 g/mol. The van der Waals surface area contributed by atoms with Crippen molar-refractivity contribution in [3.05, 3.63) is 71.3 Å². The van der Waals surface area contributed by atoms with E-state index in [1.54, 1.807) is 7.05 Å². The maximum atomic E-state index is 12.9. The summed E-state index contributed by atoms with van der Waals surface area (Å²) in [4.78, 5) is 24.1. The van der Waals surface area contributed by atoms with Gasteiger partial charge in [0.25, 0.3) is 0 Å². The molecule has 0 radical (unpaired) electrons. The second kappa shape index (κ2) is 9.93.